The number of piperidine rings is 1. The van der Waals surface area contributed by atoms with E-state index in [1.54, 1.807) is 37.3 Å². The molecule has 0 radical (unpaired) electrons. The molecule has 0 saturated carbocycles. The molecule has 35 heavy (non-hydrogen) atoms. The second kappa shape index (κ2) is 9.70. The van der Waals surface area contributed by atoms with E-state index in [4.69, 9.17) is 14.2 Å². The maximum atomic E-state index is 13.2. The van der Waals surface area contributed by atoms with Crippen molar-refractivity contribution in [1.82, 2.24) is 4.90 Å². The number of ether oxygens (including phenoxy) is 3. The van der Waals surface area contributed by atoms with E-state index in [2.05, 4.69) is 0 Å². The third-order valence-corrected chi connectivity index (χ3v) is 6.75. The van der Waals surface area contributed by atoms with Gasteiger partial charge in [-0.1, -0.05) is 48.5 Å². The molecule has 1 atom stereocenters. The van der Waals surface area contributed by atoms with Crippen LogP contribution in [0.1, 0.15) is 40.4 Å². The minimum atomic E-state index is -0.430. The Morgan fingerprint density at radius 3 is 2.34 bits per heavy atom. The Kier molecular flexibility index (Phi) is 6.31. The van der Waals surface area contributed by atoms with Crippen molar-refractivity contribution in [2.75, 3.05) is 32.2 Å². The lowest BCUT2D eigenvalue weighted by Gasteiger charge is -2.42. The van der Waals surface area contributed by atoms with Crippen molar-refractivity contribution in [3.05, 3.63) is 89.5 Å². The summed E-state index contributed by atoms with van der Waals surface area (Å²) >= 11 is 0. The fraction of sp³-hybridized carbons (Fsp3) is 0.286. The summed E-state index contributed by atoms with van der Waals surface area (Å²) in [6.45, 7) is 1.07. The van der Waals surface area contributed by atoms with Gasteiger partial charge in [-0.2, -0.15) is 0 Å². The van der Waals surface area contributed by atoms with E-state index in [0.29, 0.717) is 43.0 Å². The van der Waals surface area contributed by atoms with E-state index < -0.39 is 6.10 Å². The van der Waals surface area contributed by atoms with Gasteiger partial charge in [-0.15, -0.1) is 0 Å². The average molecular weight is 473 g/mol. The normalized spacial score (nSPS) is 18.0. The lowest BCUT2D eigenvalue weighted by Crippen LogP contribution is -2.51. The van der Waals surface area contributed by atoms with Gasteiger partial charge in [-0.25, -0.2) is 4.79 Å². The Hall–Kier alpha value is -4.00. The standard InChI is InChI=1S/C28H28N2O5/c1-33-21-12-13-23(25(18-21)34-2)27(31)29-16-14-20(15-17-29)30-24-11-7-6-10-22(24)26(35-28(30)32)19-8-4-3-5-9-19/h3-13,18,20,26H,14-17H2,1-2H3. The molecule has 180 valence electrons. The smallest absolute Gasteiger partial charge is 0.415 e. The van der Waals surface area contributed by atoms with Gasteiger partial charge in [-0.05, 0) is 36.6 Å². The van der Waals surface area contributed by atoms with Crippen LogP contribution in [0.25, 0.3) is 0 Å². The largest absolute Gasteiger partial charge is 0.497 e. The van der Waals surface area contributed by atoms with Crippen LogP contribution < -0.4 is 14.4 Å². The highest BCUT2D eigenvalue weighted by Gasteiger charge is 2.39. The molecular formula is C28H28N2O5. The molecule has 5 rings (SSSR count). The Morgan fingerprint density at radius 2 is 1.63 bits per heavy atom. The molecule has 7 heteroatoms. The zero-order chi connectivity index (χ0) is 24.4. The number of fused-ring (bicyclic) bond motifs is 1. The first-order valence-corrected chi connectivity index (χ1v) is 11.8. The predicted molar refractivity (Wildman–Crippen MR) is 132 cm³/mol. The second-order valence-electron chi connectivity index (χ2n) is 8.69. The number of anilines is 1. The minimum absolute atomic E-state index is 0.0535. The predicted octanol–water partition coefficient (Wildman–Crippen LogP) is 5.05. The number of rotatable bonds is 5. The molecule has 0 spiro atoms. The van der Waals surface area contributed by atoms with Crippen LogP contribution in [0, 0.1) is 0 Å². The highest BCUT2D eigenvalue weighted by molar-refractivity contribution is 5.97. The highest BCUT2D eigenvalue weighted by atomic mass is 16.6. The minimum Gasteiger partial charge on any atom is -0.497 e. The Bertz CT molecular complexity index is 1220. The molecule has 1 fully saturated rings. The van der Waals surface area contributed by atoms with Gasteiger partial charge in [0.15, 0.2) is 6.10 Å². The van der Waals surface area contributed by atoms with Crippen molar-refractivity contribution in [2.24, 2.45) is 0 Å². The number of methoxy groups -OCH3 is 2. The molecule has 0 N–H and O–H groups in total. The van der Waals surface area contributed by atoms with Gasteiger partial charge in [0.2, 0.25) is 0 Å². The molecule has 1 saturated heterocycles. The molecule has 3 aromatic carbocycles. The van der Waals surface area contributed by atoms with Crippen LogP contribution in [-0.4, -0.2) is 50.3 Å². The molecular weight excluding hydrogens is 444 g/mol. The van der Waals surface area contributed by atoms with E-state index in [9.17, 15) is 9.59 Å². The molecule has 2 amide bonds. The molecule has 2 aliphatic rings. The lowest BCUT2D eigenvalue weighted by atomic mass is 9.95. The van der Waals surface area contributed by atoms with Crippen LogP contribution >= 0.6 is 0 Å². The Morgan fingerprint density at radius 1 is 0.914 bits per heavy atom. The van der Waals surface area contributed by atoms with Gasteiger partial charge < -0.3 is 19.1 Å². The lowest BCUT2D eigenvalue weighted by molar-refractivity contribution is 0.0701. The zero-order valence-corrected chi connectivity index (χ0v) is 19.8. The number of benzene rings is 3. The van der Waals surface area contributed by atoms with Crippen molar-refractivity contribution < 1.29 is 23.8 Å². The topological polar surface area (TPSA) is 68.3 Å². The fourth-order valence-corrected chi connectivity index (χ4v) is 4.94. The van der Waals surface area contributed by atoms with Crippen LogP contribution in [0.2, 0.25) is 0 Å². The van der Waals surface area contributed by atoms with E-state index in [1.165, 1.54) is 0 Å². The van der Waals surface area contributed by atoms with Crippen molar-refractivity contribution in [2.45, 2.75) is 25.0 Å². The Labute approximate surface area is 204 Å². The summed E-state index contributed by atoms with van der Waals surface area (Å²) in [6, 6.07) is 22.8. The number of carbonyl (C=O) groups excluding carboxylic acids is 2. The number of likely N-dealkylation sites (tertiary alicyclic amines) is 1. The molecule has 0 aromatic heterocycles. The first-order valence-electron chi connectivity index (χ1n) is 11.8. The van der Waals surface area contributed by atoms with Crippen LogP contribution in [0.4, 0.5) is 10.5 Å². The highest BCUT2D eigenvalue weighted by Crippen LogP contribution is 2.40. The third-order valence-electron chi connectivity index (χ3n) is 6.75. The zero-order valence-electron chi connectivity index (χ0n) is 19.8. The van der Waals surface area contributed by atoms with Gasteiger partial charge in [0.25, 0.3) is 5.91 Å². The number of nitrogens with zero attached hydrogens (tertiary/aromatic N) is 2. The molecule has 2 aliphatic heterocycles. The third kappa shape index (κ3) is 4.30. The summed E-state index contributed by atoms with van der Waals surface area (Å²) in [5.74, 6) is 1.03. The molecule has 0 bridgehead atoms. The molecule has 0 aliphatic carbocycles. The van der Waals surface area contributed by atoms with E-state index in [1.807, 2.05) is 59.5 Å². The van der Waals surface area contributed by atoms with E-state index >= 15 is 0 Å². The number of hydrogen-bond acceptors (Lipinski definition) is 5. The summed E-state index contributed by atoms with van der Waals surface area (Å²) in [4.78, 5) is 30.0. The van der Waals surface area contributed by atoms with Crippen molar-refractivity contribution in [3.63, 3.8) is 0 Å². The van der Waals surface area contributed by atoms with E-state index in [0.717, 1.165) is 16.8 Å². The molecule has 7 nitrogen and oxygen atoms in total. The monoisotopic (exact) mass is 472 g/mol. The molecule has 3 aromatic rings. The maximum Gasteiger partial charge on any atom is 0.415 e. The average Bonchev–Trinajstić information content (AvgIpc) is 2.92. The number of amides is 2. The van der Waals surface area contributed by atoms with Crippen molar-refractivity contribution >= 4 is 17.7 Å². The fourth-order valence-electron chi connectivity index (χ4n) is 4.94. The van der Waals surface area contributed by atoms with Crippen LogP contribution in [0.3, 0.4) is 0 Å². The number of carbonyl (C=O) groups is 2. The first-order chi connectivity index (χ1) is 17.1. The number of cyclic esters (lactones) is 1. The molecule has 1 unspecified atom stereocenters. The summed E-state index contributed by atoms with van der Waals surface area (Å²) in [5, 5.41) is 0. The van der Waals surface area contributed by atoms with Crippen molar-refractivity contribution in [1.29, 1.82) is 0 Å². The Balaban J connectivity index is 1.34. The van der Waals surface area contributed by atoms with Gasteiger partial charge in [-0.3, -0.25) is 9.69 Å². The first kappa shape index (κ1) is 22.8. The molecule has 2 heterocycles. The van der Waals surface area contributed by atoms with Crippen molar-refractivity contribution in [3.8, 4) is 11.5 Å². The quantitative estimate of drug-likeness (QED) is 0.520. The summed E-state index contributed by atoms with van der Waals surface area (Å²) in [6.07, 6.45) is 0.535. The maximum absolute atomic E-state index is 13.2. The van der Waals surface area contributed by atoms with Gasteiger partial charge >= 0.3 is 6.09 Å². The van der Waals surface area contributed by atoms with Gasteiger partial charge in [0.05, 0.1) is 25.5 Å². The van der Waals surface area contributed by atoms with E-state index in [-0.39, 0.29) is 18.0 Å². The summed E-state index contributed by atoms with van der Waals surface area (Å²) in [5.41, 5.74) is 3.29. The second-order valence-corrected chi connectivity index (χ2v) is 8.69. The SMILES string of the molecule is COc1ccc(C(=O)N2CCC(N3C(=O)OC(c4ccccc4)c4ccccc43)CC2)c(OC)c1. The van der Waals surface area contributed by atoms with Crippen LogP contribution in [0.5, 0.6) is 11.5 Å². The summed E-state index contributed by atoms with van der Waals surface area (Å²) in [7, 11) is 3.12. The summed E-state index contributed by atoms with van der Waals surface area (Å²) < 4.78 is 16.6. The van der Waals surface area contributed by atoms with Crippen LogP contribution in [-0.2, 0) is 4.74 Å². The van der Waals surface area contributed by atoms with Gasteiger partial charge in [0.1, 0.15) is 11.5 Å². The van der Waals surface area contributed by atoms with Crippen LogP contribution in [0.15, 0.2) is 72.8 Å². The van der Waals surface area contributed by atoms with Gasteiger partial charge in [0, 0.05) is 30.8 Å². The number of hydrogen-bond donors (Lipinski definition) is 0. The number of para-hydroxylation sites is 1.